The van der Waals surface area contributed by atoms with Crippen LogP contribution < -0.4 is 15.0 Å². The highest BCUT2D eigenvalue weighted by Crippen LogP contribution is 2.35. The summed E-state index contributed by atoms with van der Waals surface area (Å²) < 4.78 is 50.5. The van der Waals surface area contributed by atoms with Crippen LogP contribution >= 0.6 is 0 Å². The van der Waals surface area contributed by atoms with Crippen LogP contribution in [0.4, 0.5) is 29.3 Å². The van der Waals surface area contributed by atoms with Gasteiger partial charge in [0.15, 0.2) is 0 Å². The zero-order valence-corrected chi connectivity index (χ0v) is 17.6. The number of anilines is 2. The molecule has 170 valence electrons. The van der Waals surface area contributed by atoms with Crippen molar-refractivity contribution in [3.05, 3.63) is 53.6 Å². The van der Waals surface area contributed by atoms with Gasteiger partial charge in [-0.25, -0.2) is 4.79 Å². The molecule has 1 atom stereocenters. The SMILES string of the molecule is COCC1CN(c2ccc(C#N)c(C(F)(F)F)c2)CCN1C(=O)Nc1cccc(OC)c1. The van der Waals surface area contributed by atoms with E-state index in [1.807, 2.05) is 0 Å². The van der Waals surface area contributed by atoms with E-state index in [-0.39, 0.29) is 31.8 Å². The number of nitrogens with one attached hydrogen (secondary N) is 1. The number of carbonyl (C=O) groups excluding carboxylic acids is 1. The molecule has 2 aromatic rings. The minimum atomic E-state index is -4.63. The minimum absolute atomic E-state index is 0.213. The van der Waals surface area contributed by atoms with Crippen LogP contribution in [-0.2, 0) is 10.9 Å². The average molecular weight is 448 g/mol. The summed E-state index contributed by atoms with van der Waals surface area (Å²) in [5, 5.41) is 11.8. The first kappa shape index (κ1) is 23.2. The number of amides is 2. The van der Waals surface area contributed by atoms with E-state index in [2.05, 4.69) is 5.32 Å². The fourth-order valence-electron chi connectivity index (χ4n) is 3.65. The molecule has 32 heavy (non-hydrogen) atoms. The molecule has 3 rings (SSSR count). The highest BCUT2D eigenvalue weighted by atomic mass is 19.4. The Balaban J connectivity index is 1.77. The van der Waals surface area contributed by atoms with E-state index in [9.17, 15) is 18.0 Å². The maximum Gasteiger partial charge on any atom is 0.417 e. The fourth-order valence-corrected chi connectivity index (χ4v) is 3.65. The van der Waals surface area contributed by atoms with E-state index in [1.54, 1.807) is 40.1 Å². The molecule has 0 saturated carbocycles. The Hall–Kier alpha value is -3.45. The number of nitriles is 1. The molecule has 1 fully saturated rings. The van der Waals surface area contributed by atoms with E-state index in [0.717, 1.165) is 6.07 Å². The summed E-state index contributed by atoms with van der Waals surface area (Å²) in [6.45, 7) is 1.10. The molecule has 2 aromatic carbocycles. The summed E-state index contributed by atoms with van der Waals surface area (Å²) in [5.41, 5.74) is -0.495. The number of rotatable bonds is 5. The summed E-state index contributed by atoms with van der Waals surface area (Å²) in [7, 11) is 3.03. The van der Waals surface area contributed by atoms with Crippen molar-refractivity contribution in [1.29, 1.82) is 5.26 Å². The smallest absolute Gasteiger partial charge is 0.417 e. The van der Waals surface area contributed by atoms with E-state index >= 15 is 0 Å². The van der Waals surface area contributed by atoms with Gasteiger partial charge in [-0.3, -0.25) is 0 Å². The lowest BCUT2D eigenvalue weighted by Crippen LogP contribution is -2.58. The van der Waals surface area contributed by atoms with Crippen LogP contribution in [0.25, 0.3) is 0 Å². The van der Waals surface area contributed by atoms with Gasteiger partial charge in [0, 0.05) is 44.2 Å². The molecule has 1 saturated heterocycles. The third-order valence-electron chi connectivity index (χ3n) is 5.22. The average Bonchev–Trinajstić information content (AvgIpc) is 2.78. The second-order valence-electron chi connectivity index (χ2n) is 7.25. The summed E-state index contributed by atoms with van der Waals surface area (Å²) in [4.78, 5) is 16.2. The molecule has 0 aromatic heterocycles. The van der Waals surface area contributed by atoms with Crippen molar-refractivity contribution in [3.8, 4) is 11.8 Å². The van der Waals surface area contributed by atoms with Crippen LogP contribution in [0.15, 0.2) is 42.5 Å². The molecular weight excluding hydrogens is 425 g/mol. The minimum Gasteiger partial charge on any atom is -0.497 e. The van der Waals surface area contributed by atoms with Gasteiger partial charge < -0.3 is 24.6 Å². The predicted octanol–water partition coefficient (Wildman–Crippen LogP) is 3.95. The Bertz CT molecular complexity index is 1010. The standard InChI is InChI=1S/C22H23F3N4O3/c1-31-14-18-13-28(17-7-6-15(12-26)20(11-17)22(23,24)25)8-9-29(18)21(30)27-16-4-3-5-19(10-16)32-2/h3-7,10-11,18H,8-9,13-14H2,1-2H3,(H,27,30). The summed E-state index contributed by atoms with van der Waals surface area (Å²) >= 11 is 0. The third-order valence-corrected chi connectivity index (χ3v) is 5.22. The van der Waals surface area contributed by atoms with Gasteiger partial charge in [0.25, 0.3) is 0 Å². The van der Waals surface area contributed by atoms with Gasteiger partial charge >= 0.3 is 12.2 Å². The zero-order valence-electron chi connectivity index (χ0n) is 17.6. The van der Waals surface area contributed by atoms with Gasteiger partial charge in [-0.15, -0.1) is 0 Å². The maximum atomic E-state index is 13.3. The first-order valence-corrected chi connectivity index (χ1v) is 9.83. The van der Waals surface area contributed by atoms with E-state index in [1.165, 1.54) is 26.4 Å². The maximum absolute atomic E-state index is 13.3. The molecule has 0 radical (unpaired) electrons. The van der Waals surface area contributed by atoms with Crippen molar-refractivity contribution in [2.24, 2.45) is 0 Å². The molecular formula is C22H23F3N4O3. The molecule has 0 bridgehead atoms. The highest BCUT2D eigenvalue weighted by molar-refractivity contribution is 5.90. The van der Waals surface area contributed by atoms with Gasteiger partial charge in [0.1, 0.15) is 5.75 Å². The Kier molecular flexibility index (Phi) is 7.10. The van der Waals surface area contributed by atoms with Crippen LogP contribution in [0.5, 0.6) is 5.75 Å². The van der Waals surface area contributed by atoms with Crippen LogP contribution in [0.1, 0.15) is 11.1 Å². The molecule has 0 spiro atoms. The van der Waals surface area contributed by atoms with Crippen molar-refractivity contribution in [2.45, 2.75) is 12.2 Å². The first-order valence-electron chi connectivity index (χ1n) is 9.83. The Morgan fingerprint density at radius 2 is 2.00 bits per heavy atom. The van der Waals surface area contributed by atoms with Gasteiger partial charge in [-0.1, -0.05) is 6.07 Å². The van der Waals surface area contributed by atoms with Crippen molar-refractivity contribution < 1.29 is 27.4 Å². The highest BCUT2D eigenvalue weighted by Gasteiger charge is 2.36. The Morgan fingerprint density at radius 3 is 2.66 bits per heavy atom. The van der Waals surface area contributed by atoms with Crippen LogP contribution in [0.2, 0.25) is 0 Å². The lowest BCUT2D eigenvalue weighted by Gasteiger charge is -2.42. The van der Waals surface area contributed by atoms with Gasteiger partial charge in [-0.05, 0) is 30.3 Å². The second-order valence-corrected chi connectivity index (χ2v) is 7.25. The lowest BCUT2D eigenvalue weighted by atomic mass is 10.1. The van der Waals surface area contributed by atoms with Crippen molar-refractivity contribution in [3.63, 3.8) is 0 Å². The number of hydrogen-bond donors (Lipinski definition) is 1. The zero-order chi connectivity index (χ0) is 23.3. The number of halogens is 3. The number of ether oxygens (including phenoxy) is 2. The molecule has 1 N–H and O–H groups in total. The molecule has 7 nitrogen and oxygen atoms in total. The predicted molar refractivity (Wildman–Crippen MR) is 113 cm³/mol. The molecule has 0 aliphatic carbocycles. The van der Waals surface area contributed by atoms with Crippen molar-refractivity contribution in [1.82, 2.24) is 4.90 Å². The van der Waals surface area contributed by atoms with Gasteiger partial charge in [-0.2, -0.15) is 18.4 Å². The van der Waals surface area contributed by atoms with E-state index < -0.39 is 17.3 Å². The topological polar surface area (TPSA) is 77.8 Å². The Morgan fingerprint density at radius 1 is 1.22 bits per heavy atom. The molecule has 1 aliphatic heterocycles. The first-order chi connectivity index (χ1) is 15.3. The Labute approximate surface area is 183 Å². The molecule has 1 heterocycles. The number of methoxy groups -OCH3 is 2. The summed E-state index contributed by atoms with van der Waals surface area (Å²) in [6, 6.07) is 11.4. The van der Waals surface area contributed by atoms with Crippen LogP contribution in [-0.4, -0.2) is 57.4 Å². The quantitative estimate of drug-likeness (QED) is 0.750. The number of hydrogen-bond acceptors (Lipinski definition) is 5. The number of carbonyl (C=O) groups is 1. The molecule has 1 unspecified atom stereocenters. The van der Waals surface area contributed by atoms with Gasteiger partial charge in [0.2, 0.25) is 0 Å². The summed E-state index contributed by atoms with van der Waals surface area (Å²) in [5.74, 6) is 0.599. The number of benzene rings is 2. The van der Waals surface area contributed by atoms with Gasteiger partial charge in [0.05, 0.1) is 37.0 Å². The van der Waals surface area contributed by atoms with E-state index in [4.69, 9.17) is 14.7 Å². The lowest BCUT2D eigenvalue weighted by molar-refractivity contribution is -0.137. The number of nitrogens with zero attached hydrogens (tertiary/aromatic N) is 3. The fraction of sp³-hybridized carbons (Fsp3) is 0.364. The molecule has 1 aliphatic rings. The van der Waals surface area contributed by atoms with Crippen LogP contribution in [0.3, 0.4) is 0 Å². The van der Waals surface area contributed by atoms with Crippen molar-refractivity contribution >= 4 is 17.4 Å². The number of piperazine rings is 1. The second kappa shape index (κ2) is 9.78. The summed E-state index contributed by atoms with van der Waals surface area (Å²) in [6.07, 6.45) is -4.63. The molecule has 10 heteroatoms. The van der Waals surface area contributed by atoms with Crippen LogP contribution in [0, 0.1) is 11.3 Å². The third kappa shape index (κ3) is 5.23. The van der Waals surface area contributed by atoms with E-state index in [0.29, 0.717) is 23.7 Å². The molecule has 2 amide bonds. The number of alkyl halides is 3. The monoisotopic (exact) mass is 448 g/mol. The largest absolute Gasteiger partial charge is 0.497 e. The normalized spacial score (nSPS) is 16.4. The number of urea groups is 1. The van der Waals surface area contributed by atoms with Crippen molar-refractivity contribution in [2.75, 3.05) is 50.7 Å².